The highest BCUT2D eigenvalue weighted by molar-refractivity contribution is 6.03. The van der Waals surface area contributed by atoms with E-state index in [4.69, 9.17) is 0 Å². The number of carbonyl (C=O) groups excluding carboxylic acids is 1. The van der Waals surface area contributed by atoms with Crippen molar-refractivity contribution in [1.82, 2.24) is 4.98 Å². The SMILES string of the molecule is CCCCNc1c(C=O)nc2ccccc2c1NCCCC. The highest BCUT2D eigenvalue weighted by Gasteiger charge is 2.14. The van der Waals surface area contributed by atoms with E-state index in [2.05, 4.69) is 35.5 Å². The summed E-state index contributed by atoms with van der Waals surface area (Å²) in [6.45, 7) is 6.07. The third kappa shape index (κ3) is 3.75. The molecule has 1 heterocycles. The fourth-order valence-corrected chi connectivity index (χ4v) is 2.46. The molecule has 0 aliphatic carbocycles. The lowest BCUT2D eigenvalue weighted by Gasteiger charge is -2.17. The van der Waals surface area contributed by atoms with Gasteiger partial charge >= 0.3 is 0 Å². The van der Waals surface area contributed by atoms with Gasteiger partial charge in [0.1, 0.15) is 5.69 Å². The Kier molecular flexibility index (Phi) is 6.19. The number of carbonyl (C=O) groups is 1. The zero-order valence-corrected chi connectivity index (χ0v) is 13.5. The van der Waals surface area contributed by atoms with Crippen LogP contribution < -0.4 is 10.6 Å². The molecule has 0 atom stereocenters. The molecule has 0 spiro atoms. The van der Waals surface area contributed by atoms with Crippen molar-refractivity contribution in [3.8, 4) is 0 Å². The number of hydrogen-bond acceptors (Lipinski definition) is 4. The minimum absolute atomic E-state index is 0.480. The molecule has 2 N–H and O–H groups in total. The van der Waals surface area contributed by atoms with Crippen LogP contribution in [0.1, 0.15) is 50.0 Å². The van der Waals surface area contributed by atoms with E-state index in [1.54, 1.807) is 0 Å². The van der Waals surface area contributed by atoms with Crippen LogP contribution in [-0.4, -0.2) is 24.4 Å². The van der Waals surface area contributed by atoms with Crippen molar-refractivity contribution in [3.63, 3.8) is 0 Å². The molecule has 2 aromatic rings. The van der Waals surface area contributed by atoms with E-state index < -0.39 is 0 Å². The standard InChI is InChI=1S/C18H25N3O/c1-3-5-11-19-17-14-9-7-8-10-15(14)21-16(13-22)18(17)20-12-6-4-2/h7-10,13,20H,3-6,11-12H2,1-2H3,(H,19,21). The van der Waals surface area contributed by atoms with Gasteiger partial charge in [0.2, 0.25) is 0 Å². The average Bonchev–Trinajstić information content (AvgIpc) is 2.56. The topological polar surface area (TPSA) is 54.0 Å². The van der Waals surface area contributed by atoms with Crippen LogP contribution in [0.3, 0.4) is 0 Å². The molecule has 0 amide bonds. The van der Waals surface area contributed by atoms with Crippen molar-refractivity contribution in [1.29, 1.82) is 0 Å². The van der Waals surface area contributed by atoms with E-state index in [-0.39, 0.29) is 0 Å². The van der Waals surface area contributed by atoms with E-state index in [1.165, 1.54) is 0 Å². The van der Waals surface area contributed by atoms with Crippen molar-refractivity contribution < 1.29 is 4.79 Å². The normalized spacial score (nSPS) is 10.6. The summed E-state index contributed by atoms with van der Waals surface area (Å²) in [6, 6.07) is 7.95. The summed E-state index contributed by atoms with van der Waals surface area (Å²) in [6.07, 6.45) is 5.25. The Hall–Kier alpha value is -2.10. The molecule has 0 aliphatic rings. The molecular formula is C18H25N3O. The highest BCUT2D eigenvalue weighted by Crippen LogP contribution is 2.32. The molecule has 118 valence electrons. The van der Waals surface area contributed by atoms with Crippen LogP contribution in [0, 0.1) is 0 Å². The summed E-state index contributed by atoms with van der Waals surface area (Å²) < 4.78 is 0. The Bertz CT molecular complexity index is 625. The van der Waals surface area contributed by atoms with Crippen LogP contribution in [0.15, 0.2) is 24.3 Å². The Labute approximate surface area is 132 Å². The number of pyridine rings is 1. The number of nitrogens with zero attached hydrogens (tertiary/aromatic N) is 1. The molecule has 0 unspecified atom stereocenters. The Balaban J connectivity index is 2.45. The Morgan fingerprint density at radius 3 is 2.27 bits per heavy atom. The fourth-order valence-electron chi connectivity index (χ4n) is 2.46. The molecular weight excluding hydrogens is 274 g/mol. The van der Waals surface area contributed by atoms with Crippen LogP contribution in [-0.2, 0) is 0 Å². The molecule has 22 heavy (non-hydrogen) atoms. The van der Waals surface area contributed by atoms with E-state index in [0.717, 1.165) is 67.3 Å². The van der Waals surface area contributed by atoms with Gasteiger partial charge < -0.3 is 10.6 Å². The van der Waals surface area contributed by atoms with Crippen LogP contribution in [0.4, 0.5) is 11.4 Å². The largest absolute Gasteiger partial charge is 0.383 e. The monoisotopic (exact) mass is 299 g/mol. The summed E-state index contributed by atoms with van der Waals surface area (Å²) in [5, 5.41) is 7.95. The van der Waals surface area contributed by atoms with Gasteiger partial charge in [0.15, 0.2) is 6.29 Å². The minimum Gasteiger partial charge on any atom is -0.383 e. The van der Waals surface area contributed by atoms with Crippen LogP contribution >= 0.6 is 0 Å². The first-order valence-electron chi connectivity index (χ1n) is 8.17. The number of aromatic nitrogens is 1. The summed E-state index contributed by atoms with van der Waals surface area (Å²) in [5.41, 5.74) is 3.16. The van der Waals surface area contributed by atoms with Crippen molar-refractivity contribution >= 4 is 28.6 Å². The maximum absolute atomic E-state index is 11.5. The number of nitrogens with one attached hydrogen (secondary N) is 2. The third-order valence-corrected chi connectivity index (χ3v) is 3.70. The van der Waals surface area contributed by atoms with Gasteiger partial charge in [0.25, 0.3) is 0 Å². The zero-order chi connectivity index (χ0) is 15.8. The Morgan fingerprint density at radius 2 is 1.64 bits per heavy atom. The number of rotatable bonds is 9. The van der Waals surface area contributed by atoms with Gasteiger partial charge in [-0.1, -0.05) is 44.9 Å². The van der Waals surface area contributed by atoms with Crippen molar-refractivity contribution in [3.05, 3.63) is 30.0 Å². The molecule has 0 bridgehead atoms. The zero-order valence-electron chi connectivity index (χ0n) is 13.5. The number of para-hydroxylation sites is 1. The number of benzene rings is 1. The van der Waals surface area contributed by atoms with E-state index in [0.29, 0.717) is 5.69 Å². The summed E-state index contributed by atoms with van der Waals surface area (Å²) >= 11 is 0. The van der Waals surface area contributed by atoms with Crippen LogP contribution in [0.25, 0.3) is 10.9 Å². The van der Waals surface area contributed by atoms with Gasteiger partial charge in [-0.25, -0.2) is 4.98 Å². The average molecular weight is 299 g/mol. The van der Waals surface area contributed by atoms with E-state index >= 15 is 0 Å². The molecule has 1 aromatic carbocycles. The van der Waals surface area contributed by atoms with Crippen molar-refractivity contribution in [2.24, 2.45) is 0 Å². The quantitative estimate of drug-likeness (QED) is 0.530. The lowest BCUT2D eigenvalue weighted by atomic mass is 10.1. The van der Waals surface area contributed by atoms with Gasteiger partial charge in [-0.05, 0) is 18.9 Å². The summed E-state index contributed by atoms with van der Waals surface area (Å²) in [7, 11) is 0. The number of fused-ring (bicyclic) bond motifs is 1. The minimum atomic E-state index is 0.480. The lowest BCUT2D eigenvalue weighted by Crippen LogP contribution is -2.11. The summed E-state index contributed by atoms with van der Waals surface area (Å²) in [5.74, 6) is 0. The second-order valence-corrected chi connectivity index (χ2v) is 5.44. The molecule has 0 radical (unpaired) electrons. The first-order valence-corrected chi connectivity index (χ1v) is 8.17. The Morgan fingerprint density at radius 1 is 1.00 bits per heavy atom. The van der Waals surface area contributed by atoms with Crippen LogP contribution in [0.2, 0.25) is 0 Å². The fraction of sp³-hybridized carbons (Fsp3) is 0.444. The predicted molar refractivity (Wildman–Crippen MR) is 93.9 cm³/mol. The number of anilines is 2. The second kappa shape index (κ2) is 8.37. The second-order valence-electron chi connectivity index (χ2n) is 5.44. The number of unbranched alkanes of at least 4 members (excludes halogenated alkanes) is 2. The smallest absolute Gasteiger partial charge is 0.170 e. The van der Waals surface area contributed by atoms with Crippen LogP contribution in [0.5, 0.6) is 0 Å². The van der Waals surface area contributed by atoms with Gasteiger partial charge in [-0.3, -0.25) is 4.79 Å². The molecule has 0 saturated heterocycles. The summed E-state index contributed by atoms with van der Waals surface area (Å²) in [4.78, 5) is 15.9. The van der Waals surface area contributed by atoms with E-state index in [1.807, 2.05) is 18.2 Å². The first-order chi connectivity index (χ1) is 10.8. The molecule has 0 saturated carbocycles. The third-order valence-electron chi connectivity index (χ3n) is 3.70. The van der Waals surface area contributed by atoms with Gasteiger partial charge in [0, 0.05) is 18.5 Å². The van der Waals surface area contributed by atoms with E-state index in [9.17, 15) is 4.79 Å². The molecule has 2 rings (SSSR count). The molecule has 1 aromatic heterocycles. The van der Waals surface area contributed by atoms with Gasteiger partial charge in [-0.15, -0.1) is 0 Å². The maximum Gasteiger partial charge on any atom is 0.170 e. The predicted octanol–water partition coefficient (Wildman–Crippen LogP) is 4.47. The maximum atomic E-state index is 11.5. The molecule has 4 heteroatoms. The van der Waals surface area contributed by atoms with Crippen molar-refractivity contribution in [2.75, 3.05) is 23.7 Å². The first kappa shape index (κ1) is 16.3. The van der Waals surface area contributed by atoms with Gasteiger partial charge in [0.05, 0.1) is 16.9 Å². The molecule has 0 aliphatic heterocycles. The lowest BCUT2D eigenvalue weighted by molar-refractivity contribution is 0.112. The number of aldehydes is 1. The highest BCUT2D eigenvalue weighted by atomic mass is 16.1. The number of hydrogen-bond donors (Lipinski definition) is 2. The molecule has 0 fully saturated rings. The van der Waals surface area contributed by atoms with Gasteiger partial charge in [-0.2, -0.15) is 0 Å². The molecule has 4 nitrogen and oxygen atoms in total. The van der Waals surface area contributed by atoms with Crippen molar-refractivity contribution in [2.45, 2.75) is 39.5 Å².